The topological polar surface area (TPSA) is 188 Å². The lowest BCUT2D eigenvalue weighted by atomic mass is 10.1. The largest absolute Gasteiger partial charge is 0.397 e. The van der Waals surface area contributed by atoms with Gasteiger partial charge in [0.1, 0.15) is 12.3 Å². The first-order chi connectivity index (χ1) is 8.44. The third kappa shape index (κ3) is 9.85. The van der Waals surface area contributed by atoms with E-state index >= 15 is 0 Å². The second-order valence-corrected chi connectivity index (χ2v) is 5.70. The van der Waals surface area contributed by atoms with Crippen LogP contribution in [0.4, 0.5) is 0 Å². The summed E-state index contributed by atoms with van der Waals surface area (Å²) in [4.78, 5) is 10.5. The van der Waals surface area contributed by atoms with Crippen LogP contribution < -0.4 is 4.72 Å². The molecule has 0 spiro atoms. The maximum absolute atomic E-state index is 10.5. The summed E-state index contributed by atoms with van der Waals surface area (Å²) >= 11 is 0. The van der Waals surface area contributed by atoms with E-state index in [9.17, 15) is 31.8 Å². The minimum Gasteiger partial charge on any atom is -0.391 e. The Morgan fingerprint density at radius 3 is 2.05 bits per heavy atom. The second kappa shape index (κ2) is 7.20. The molecule has 0 bridgehead atoms. The van der Waals surface area contributed by atoms with Crippen LogP contribution in [0.15, 0.2) is 0 Å². The molecule has 2 unspecified atom stereocenters. The van der Waals surface area contributed by atoms with E-state index < -0.39 is 52.0 Å². The molecule has 0 fully saturated rings. The molecule has 0 aromatic heterocycles. The smallest absolute Gasteiger partial charge is 0.391 e. The van der Waals surface area contributed by atoms with E-state index in [2.05, 4.69) is 4.18 Å². The molecule has 5 N–H and O–H groups in total. The summed E-state index contributed by atoms with van der Waals surface area (Å²) < 4.78 is 63.0. The zero-order valence-corrected chi connectivity index (χ0v) is 10.9. The quantitative estimate of drug-likeness (QED) is 0.214. The third-order valence-electron chi connectivity index (χ3n) is 1.77. The zero-order valence-electron chi connectivity index (χ0n) is 9.28. The van der Waals surface area contributed by atoms with Crippen LogP contribution in [0.5, 0.6) is 0 Å². The van der Waals surface area contributed by atoms with E-state index in [0.717, 1.165) is 0 Å². The van der Waals surface area contributed by atoms with Gasteiger partial charge >= 0.3 is 20.7 Å². The van der Waals surface area contributed by atoms with E-state index in [1.807, 2.05) is 0 Å². The molecule has 19 heavy (non-hydrogen) atoms. The Morgan fingerprint density at radius 2 is 1.68 bits per heavy atom. The average Bonchev–Trinajstić information content (AvgIpc) is 2.20. The molecule has 0 rings (SSSR count). The summed E-state index contributed by atoms with van der Waals surface area (Å²) in [6.45, 7) is -0.909. The molecule has 0 aliphatic carbocycles. The van der Waals surface area contributed by atoms with Gasteiger partial charge in [-0.15, -0.1) is 0 Å². The Balaban J connectivity index is 4.41. The number of carbonyl (C=O) groups excluding carboxylic acids is 1. The second-order valence-electron chi connectivity index (χ2n) is 3.42. The van der Waals surface area contributed by atoms with Gasteiger partial charge in [-0.05, 0) is 0 Å². The molecule has 0 amide bonds. The summed E-state index contributed by atoms with van der Waals surface area (Å²) in [5, 5.41) is 18.6. The van der Waals surface area contributed by atoms with Gasteiger partial charge in [-0.25, -0.2) is 4.18 Å². The Morgan fingerprint density at radius 1 is 1.16 bits per heavy atom. The van der Waals surface area contributed by atoms with Crippen molar-refractivity contribution >= 4 is 27.0 Å². The van der Waals surface area contributed by atoms with Crippen LogP contribution in [0.25, 0.3) is 0 Å². The molecule has 0 saturated carbocycles. The van der Waals surface area contributed by atoms with Gasteiger partial charge in [0.05, 0.1) is 18.8 Å². The van der Waals surface area contributed by atoms with Crippen LogP contribution in [0, 0.1) is 0 Å². The van der Waals surface area contributed by atoms with Crippen molar-refractivity contribution in [2.75, 3.05) is 6.61 Å². The summed E-state index contributed by atoms with van der Waals surface area (Å²) in [6, 6.07) is -1.74. The van der Waals surface area contributed by atoms with Crippen molar-refractivity contribution in [1.29, 1.82) is 0 Å². The highest BCUT2D eigenvalue weighted by Crippen LogP contribution is 2.05. The minimum absolute atomic E-state index is 0.0329. The first-order valence-electron chi connectivity index (χ1n) is 4.62. The first-order valence-corrected chi connectivity index (χ1v) is 7.43. The minimum atomic E-state index is -4.77. The number of rotatable bonds is 9. The molecule has 3 atom stereocenters. The predicted molar refractivity (Wildman–Crippen MR) is 58.7 cm³/mol. The average molecular weight is 323 g/mol. The number of aldehydes is 1. The number of aliphatic hydroxyl groups excluding tert-OH is 2. The van der Waals surface area contributed by atoms with E-state index in [-0.39, 0.29) is 6.29 Å². The van der Waals surface area contributed by atoms with E-state index in [1.54, 1.807) is 0 Å². The first kappa shape index (κ1) is 18.3. The Labute approximate surface area is 109 Å². The fourth-order valence-corrected chi connectivity index (χ4v) is 1.91. The Bertz CT molecular complexity index is 484. The zero-order chi connectivity index (χ0) is 15.3. The molecule has 11 nitrogen and oxygen atoms in total. The van der Waals surface area contributed by atoms with Crippen LogP contribution >= 0.6 is 0 Å². The van der Waals surface area contributed by atoms with Gasteiger partial charge in [0.2, 0.25) is 0 Å². The fraction of sp³-hybridized carbons (Fsp3) is 0.833. The molecule has 0 saturated heterocycles. The lowest BCUT2D eigenvalue weighted by Gasteiger charge is -2.19. The van der Waals surface area contributed by atoms with Gasteiger partial charge in [-0.2, -0.15) is 21.6 Å². The highest BCUT2D eigenvalue weighted by atomic mass is 32.3. The van der Waals surface area contributed by atoms with Crippen LogP contribution in [0.2, 0.25) is 0 Å². The van der Waals surface area contributed by atoms with Crippen LogP contribution in [-0.4, -0.2) is 67.3 Å². The Kier molecular flexibility index (Phi) is 6.95. The van der Waals surface area contributed by atoms with Crippen molar-refractivity contribution in [2.45, 2.75) is 24.7 Å². The Hall–Kier alpha value is -0.670. The van der Waals surface area contributed by atoms with Gasteiger partial charge in [0.25, 0.3) is 0 Å². The molecule has 0 radical (unpaired) electrons. The number of aliphatic hydroxyl groups is 2. The predicted octanol–water partition coefficient (Wildman–Crippen LogP) is -3.12. The van der Waals surface area contributed by atoms with Crippen LogP contribution in [0.3, 0.4) is 0 Å². The SMILES string of the molecule is O=C[C@H](NS(=O)(=O)O)C(O)CC(O)COS(=O)(=O)O. The number of hydrogen-bond donors (Lipinski definition) is 5. The van der Waals surface area contributed by atoms with Crippen molar-refractivity contribution in [1.82, 2.24) is 4.72 Å². The van der Waals surface area contributed by atoms with Gasteiger partial charge in [0, 0.05) is 6.42 Å². The summed E-state index contributed by atoms with van der Waals surface area (Å²) in [5.41, 5.74) is 0. The standard InChI is InChI=1S/C6H13NO10S2/c8-2-5(7-18(11,12)13)6(10)1-4(9)3-17-19(14,15)16/h2,4-7,9-10H,1,3H2,(H,11,12,13)(H,14,15,16)/t4?,5-,6?/m0/s1. The van der Waals surface area contributed by atoms with Crippen molar-refractivity contribution in [3.8, 4) is 0 Å². The van der Waals surface area contributed by atoms with Gasteiger partial charge in [-0.1, -0.05) is 0 Å². The molecule has 114 valence electrons. The molecule has 0 aromatic rings. The molecule has 0 aliphatic rings. The van der Waals surface area contributed by atoms with Crippen molar-refractivity contribution < 1.29 is 45.1 Å². The van der Waals surface area contributed by atoms with Gasteiger partial charge in [-0.3, -0.25) is 9.11 Å². The molecular weight excluding hydrogens is 310 g/mol. The number of nitrogens with one attached hydrogen (secondary N) is 1. The third-order valence-corrected chi connectivity index (χ3v) is 2.77. The highest BCUT2D eigenvalue weighted by molar-refractivity contribution is 7.83. The van der Waals surface area contributed by atoms with Crippen LogP contribution in [-0.2, 0) is 29.7 Å². The lowest BCUT2D eigenvalue weighted by Crippen LogP contribution is -2.45. The van der Waals surface area contributed by atoms with E-state index in [1.165, 1.54) is 4.72 Å². The molecule has 0 aromatic carbocycles. The van der Waals surface area contributed by atoms with E-state index in [0.29, 0.717) is 0 Å². The molecular formula is C6H13NO10S2. The number of hydrogen-bond acceptors (Lipinski definition) is 8. The summed E-state index contributed by atoms with van der Waals surface area (Å²) in [5.74, 6) is 0. The molecule has 0 aliphatic heterocycles. The summed E-state index contributed by atoms with van der Waals surface area (Å²) in [7, 11) is -9.51. The van der Waals surface area contributed by atoms with Crippen LogP contribution in [0.1, 0.15) is 6.42 Å². The lowest BCUT2D eigenvalue weighted by molar-refractivity contribution is -0.112. The molecule has 0 heterocycles. The monoisotopic (exact) mass is 323 g/mol. The maximum Gasteiger partial charge on any atom is 0.397 e. The van der Waals surface area contributed by atoms with Crippen molar-refractivity contribution in [2.24, 2.45) is 0 Å². The molecule has 13 heteroatoms. The normalized spacial score (nSPS) is 17.7. The maximum atomic E-state index is 10.5. The van der Waals surface area contributed by atoms with Crippen molar-refractivity contribution in [3.05, 3.63) is 0 Å². The highest BCUT2D eigenvalue weighted by Gasteiger charge is 2.26. The van der Waals surface area contributed by atoms with E-state index in [4.69, 9.17) is 9.11 Å². The van der Waals surface area contributed by atoms with Gasteiger partial charge < -0.3 is 15.0 Å². The van der Waals surface area contributed by atoms with Gasteiger partial charge in [0.15, 0.2) is 0 Å². The van der Waals surface area contributed by atoms with Crippen molar-refractivity contribution in [3.63, 3.8) is 0 Å². The number of carbonyl (C=O) groups is 1. The fourth-order valence-electron chi connectivity index (χ4n) is 1.03. The summed E-state index contributed by atoms with van der Waals surface area (Å²) in [6.07, 6.45) is -4.04.